The molecule has 1 aliphatic carbocycles. The van der Waals surface area contributed by atoms with Gasteiger partial charge < -0.3 is 20.1 Å². The zero-order valence-electron chi connectivity index (χ0n) is 23.4. The van der Waals surface area contributed by atoms with Gasteiger partial charge in [-0.2, -0.15) is 5.10 Å². The van der Waals surface area contributed by atoms with Gasteiger partial charge in [-0.1, -0.05) is 18.2 Å². The predicted molar refractivity (Wildman–Crippen MR) is 135 cm³/mol. The molecule has 2 amide bonds. The van der Waals surface area contributed by atoms with E-state index in [4.69, 9.17) is 8.85 Å². The number of nitrogens with one attached hydrogen (secondary N) is 3. The molecule has 39 heavy (non-hydrogen) atoms. The zero-order chi connectivity index (χ0) is 30.2. The zero-order valence-corrected chi connectivity index (χ0v) is 20.4. The van der Waals surface area contributed by atoms with Crippen LogP contribution >= 0.6 is 0 Å². The van der Waals surface area contributed by atoms with Crippen LogP contribution in [0.1, 0.15) is 56.3 Å². The van der Waals surface area contributed by atoms with Crippen molar-refractivity contribution < 1.29 is 36.3 Å². The number of carbonyl (C=O) groups is 2. The molecule has 4 aromatic rings. The number of carbonyl (C=O) groups excluding carboxylic acids is 2. The second-order valence-corrected chi connectivity index (χ2v) is 9.07. The van der Waals surface area contributed by atoms with Crippen molar-refractivity contribution in [3.05, 3.63) is 71.5 Å². The van der Waals surface area contributed by atoms with E-state index in [1.807, 2.05) is 0 Å². The largest absolute Gasteiger partial charge is 0.573 e. The summed E-state index contributed by atoms with van der Waals surface area (Å²) in [6, 6.07) is 10.9. The molecular formula is C27H24F3N5O4. The van der Waals surface area contributed by atoms with Crippen LogP contribution in [0.3, 0.4) is 0 Å². The van der Waals surface area contributed by atoms with Gasteiger partial charge in [-0.05, 0) is 61.2 Å². The second kappa shape index (κ2) is 10.3. The predicted octanol–water partition coefficient (Wildman–Crippen LogP) is 4.92. The number of hydrogen-bond acceptors (Lipinski definition) is 6. The van der Waals surface area contributed by atoms with E-state index < -0.39 is 37.0 Å². The van der Waals surface area contributed by atoms with E-state index in [1.54, 1.807) is 18.2 Å². The Morgan fingerprint density at radius 1 is 1.13 bits per heavy atom. The number of benzene rings is 2. The van der Waals surface area contributed by atoms with Crippen LogP contribution in [0.5, 0.6) is 11.6 Å². The molecule has 5 rings (SSSR count). The molecule has 2 aromatic carbocycles. The number of pyridine rings is 1. The highest BCUT2D eigenvalue weighted by molar-refractivity contribution is 6.05. The van der Waals surface area contributed by atoms with Crippen LogP contribution in [-0.2, 0) is 0 Å². The van der Waals surface area contributed by atoms with Crippen molar-refractivity contribution in [1.82, 2.24) is 25.8 Å². The number of ether oxygens (including phenoxy) is 2. The molecule has 1 fully saturated rings. The third-order valence-electron chi connectivity index (χ3n) is 6.16. The molecule has 0 saturated heterocycles. The van der Waals surface area contributed by atoms with Crippen LogP contribution in [0.4, 0.5) is 13.2 Å². The fourth-order valence-corrected chi connectivity index (χ4v) is 4.05. The Labute approximate surface area is 224 Å². The lowest BCUT2D eigenvalue weighted by Crippen LogP contribution is -2.27. The van der Waals surface area contributed by atoms with Crippen molar-refractivity contribution in [2.24, 2.45) is 0 Å². The number of hydrogen-bond donors (Lipinski definition) is 3. The molecule has 0 aliphatic heterocycles. The van der Waals surface area contributed by atoms with E-state index in [0.29, 0.717) is 27.6 Å². The highest BCUT2D eigenvalue weighted by Gasteiger charge is 2.31. The van der Waals surface area contributed by atoms with Crippen LogP contribution in [0.2, 0.25) is 0 Å². The number of halogens is 3. The van der Waals surface area contributed by atoms with E-state index >= 15 is 0 Å². The summed E-state index contributed by atoms with van der Waals surface area (Å²) in [5.41, 5.74) is 1.89. The second-order valence-electron chi connectivity index (χ2n) is 9.07. The normalized spacial score (nSPS) is 15.5. The first kappa shape index (κ1) is 22.4. The highest BCUT2D eigenvalue weighted by Crippen LogP contribution is 2.30. The number of amides is 2. The van der Waals surface area contributed by atoms with Gasteiger partial charge in [-0.25, -0.2) is 4.98 Å². The number of nitrogens with zero attached hydrogens (tertiary/aromatic N) is 2. The van der Waals surface area contributed by atoms with Crippen molar-refractivity contribution in [3.63, 3.8) is 0 Å². The van der Waals surface area contributed by atoms with Gasteiger partial charge in [-0.15, -0.1) is 13.2 Å². The molecule has 1 unspecified atom stereocenters. The summed E-state index contributed by atoms with van der Waals surface area (Å²) in [5.74, 6) is -1.98. The number of alkyl halides is 3. The van der Waals surface area contributed by atoms with Crippen molar-refractivity contribution in [2.45, 2.75) is 38.2 Å². The number of aromatic nitrogens is 3. The minimum atomic E-state index is -4.89. The SMILES string of the molecule is [2H]C([2H])([2H])Oc1ncc(-c2ccc3c(C(=O)NC4CC4)n[nH]c3c2)cc1C(=O)NC(C)c1cccc(OC(F)(F)F)c1. The Bertz CT molecular complexity index is 1650. The van der Waals surface area contributed by atoms with Gasteiger partial charge in [0.05, 0.1) is 22.7 Å². The molecular weight excluding hydrogens is 515 g/mol. The van der Waals surface area contributed by atoms with Gasteiger partial charge in [-0.3, -0.25) is 14.7 Å². The van der Waals surface area contributed by atoms with Crippen molar-refractivity contribution >= 4 is 22.7 Å². The summed E-state index contributed by atoms with van der Waals surface area (Å²) in [6.45, 7) is 1.54. The molecule has 202 valence electrons. The Morgan fingerprint density at radius 3 is 2.69 bits per heavy atom. The molecule has 0 spiro atoms. The van der Waals surface area contributed by atoms with Gasteiger partial charge in [0, 0.05) is 23.2 Å². The summed E-state index contributed by atoms with van der Waals surface area (Å²) < 4.78 is 69.2. The third-order valence-corrected chi connectivity index (χ3v) is 6.16. The van der Waals surface area contributed by atoms with Crippen LogP contribution in [-0.4, -0.2) is 46.4 Å². The lowest BCUT2D eigenvalue weighted by atomic mass is 10.0. The molecule has 9 nitrogen and oxygen atoms in total. The lowest BCUT2D eigenvalue weighted by Gasteiger charge is -2.17. The van der Waals surface area contributed by atoms with Crippen molar-refractivity contribution in [3.8, 4) is 22.8 Å². The molecule has 0 radical (unpaired) electrons. The first-order chi connectivity index (χ1) is 19.8. The topological polar surface area (TPSA) is 118 Å². The standard InChI is InChI=1S/C27H24F3N5O4/c1-14(15-4-3-5-19(10-15)39-27(28,29)30)32-24(36)21-11-17(13-31-26(21)38-2)16-6-9-20-22(12-16)34-35-23(20)25(37)33-18-7-8-18/h3-6,9-14,18H,7-8H2,1-2H3,(H,32,36)(H,33,37)(H,34,35)/i2D3. The van der Waals surface area contributed by atoms with E-state index in [1.165, 1.54) is 31.3 Å². The number of H-pyrrole nitrogens is 1. The summed E-state index contributed by atoms with van der Waals surface area (Å²) in [7, 11) is -2.91. The molecule has 2 aromatic heterocycles. The Balaban J connectivity index is 1.42. The van der Waals surface area contributed by atoms with Gasteiger partial charge in [0.15, 0.2) is 5.69 Å². The smallest absolute Gasteiger partial charge is 0.480 e. The van der Waals surface area contributed by atoms with Gasteiger partial charge >= 0.3 is 6.36 Å². The van der Waals surface area contributed by atoms with E-state index in [2.05, 4.69) is 30.6 Å². The van der Waals surface area contributed by atoms with E-state index in [9.17, 15) is 22.8 Å². The molecule has 0 bridgehead atoms. The van der Waals surface area contributed by atoms with Crippen molar-refractivity contribution in [1.29, 1.82) is 0 Å². The maximum absolute atomic E-state index is 13.3. The molecule has 1 aliphatic rings. The van der Waals surface area contributed by atoms with Gasteiger partial charge in [0.1, 0.15) is 11.3 Å². The minimum absolute atomic E-state index is 0.162. The maximum Gasteiger partial charge on any atom is 0.573 e. The molecule has 3 N–H and O–H groups in total. The van der Waals surface area contributed by atoms with Crippen LogP contribution < -0.4 is 20.1 Å². The lowest BCUT2D eigenvalue weighted by molar-refractivity contribution is -0.274. The maximum atomic E-state index is 13.3. The summed E-state index contributed by atoms with van der Waals surface area (Å²) in [5, 5.41) is 13.1. The average molecular weight is 543 g/mol. The number of fused-ring (bicyclic) bond motifs is 1. The van der Waals surface area contributed by atoms with Crippen molar-refractivity contribution in [2.75, 3.05) is 7.04 Å². The Morgan fingerprint density at radius 2 is 1.95 bits per heavy atom. The number of aromatic amines is 1. The fourth-order valence-electron chi connectivity index (χ4n) is 4.05. The fraction of sp³-hybridized carbons (Fsp3) is 0.259. The van der Waals surface area contributed by atoms with Gasteiger partial charge in [0.2, 0.25) is 5.88 Å². The van der Waals surface area contributed by atoms with Crippen LogP contribution in [0.25, 0.3) is 22.0 Å². The summed E-state index contributed by atoms with van der Waals surface area (Å²) in [4.78, 5) is 29.9. The number of rotatable bonds is 8. The van der Waals surface area contributed by atoms with E-state index in [-0.39, 0.29) is 23.2 Å². The Kier molecular flexibility index (Phi) is 5.90. The number of methoxy groups -OCH3 is 1. The molecule has 2 heterocycles. The molecule has 1 atom stereocenters. The van der Waals surface area contributed by atoms with Gasteiger partial charge in [0.25, 0.3) is 11.8 Å². The first-order valence-corrected chi connectivity index (χ1v) is 11.9. The summed E-state index contributed by atoms with van der Waals surface area (Å²) >= 11 is 0. The third kappa shape index (κ3) is 5.95. The average Bonchev–Trinajstić information content (AvgIpc) is 3.61. The summed E-state index contributed by atoms with van der Waals surface area (Å²) in [6.07, 6.45) is -1.69. The van der Waals surface area contributed by atoms with Crippen LogP contribution in [0, 0.1) is 0 Å². The molecule has 12 heteroatoms. The van der Waals surface area contributed by atoms with Crippen LogP contribution in [0.15, 0.2) is 54.7 Å². The highest BCUT2D eigenvalue weighted by atomic mass is 19.4. The first-order valence-electron chi connectivity index (χ1n) is 13.4. The quantitative estimate of drug-likeness (QED) is 0.291. The minimum Gasteiger partial charge on any atom is -0.480 e. The Hall–Kier alpha value is -4.61. The molecule has 1 saturated carbocycles. The van der Waals surface area contributed by atoms with E-state index in [0.717, 1.165) is 25.0 Å². The monoisotopic (exact) mass is 542 g/mol.